The molecule has 39 heavy (non-hydrogen) atoms. The van der Waals surface area contributed by atoms with E-state index in [1.54, 1.807) is 24.3 Å². The number of carbonyl (C=O) groups is 2. The Hall–Kier alpha value is -4.32. The molecule has 6 heteroatoms. The van der Waals surface area contributed by atoms with Gasteiger partial charge < -0.3 is 10.2 Å². The molecule has 4 aromatic carbocycles. The Labute approximate surface area is 227 Å². The number of hydrogen-bond acceptors (Lipinski definition) is 3. The van der Waals surface area contributed by atoms with Gasteiger partial charge >= 0.3 is 0 Å². The van der Waals surface area contributed by atoms with Crippen LogP contribution in [0.15, 0.2) is 103 Å². The third-order valence-electron chi connectivity index (χ3n) is 7.34. The number of amides is 1. The van der Waals surface area contributed by atoms with E-state index in [9.17, 15) is 18.4 Å². The zero-order valence-electron chi connectivity index (χ0n) is 21.5. The Kier molecular flexibility index (Phi) is 8.11. The van der Waals surface area contributed by atoms with E-state index in [0.717, 1.165) is 24.2 Å². The second-order valence-electron chi connectivity index (χ2n) is 9.84. The van der Waals surface area contributed by atoms with Crippen molar-refractivity contribution in [2.24, 2.45) is 0 Å². The fourth-order valence-electron chi connectivity index (χ4n) is 5.33. The fraction of sp³-hybridized carbons (Fsp3) is 0.212. The summed E-state index contributed by atoms with van der Waals surface area (Å²) in [7, 11) is 0. The molecule has 4 aromatic rings. The highest BCUT2D eigenvalue weighted by Gasteiger charge is 2.36. The first-order valence-electron chi connectivity index (χ1n) is 13.2. The van der Waals surface area contributed by atoms with Crippen LogP contribution in [-0.2, 0) is 22.6 Å². The zero-order valence-corrected chi connectivity index (χ0v) is 21.5. The van der Waals surface area contributed by atoms with E-state index in [0.29, 0.717) is 17.7 Å². The molecule has 0 saturated heterocycles. The van der Waals surface area contributed by atoms with Crippen molar-refractivity contribution in [3.63, 3.8) is 0 Å². The molecule has 1 aliphatic rings. The molecule has 0 aromatic heterocycles. The van der Waals surface area contributed by atoms with Gasteiger partial charge in [0.05, 0.1) is 11.8 Å². The monoisotopic (exact) mass is 524 g/mol. The van der Waals surface area contributed by atoms with E-state index in [2.05, 4.69) is 22.3 Å². The van der Waals surface area contributed by atoms with Crippen molar-refractivity contribution in [2.75, 3.05) is 18.0 Å². The van der Waals surface area contributed by atoms with Crippen molar-refractivity contribution >= 4 is 17.4 Å². The number of para-hydroxylation sites is 1. The van der Waals surface area contributed by atoms with E-state index in [1.165, 1.54) is 29.8 Å². The van der Waals surface area contributed by atoms with Crippen molar-refractivity contribution in [1.82, 2.24) is 5.32 Å². The number of rotatable bonds is 10. The molecule has 0 spiro atoms. The molecule has 0 aliphatic carbocycles. The van der Waals surface area contributed by atoms with Crippen LogP contribution in [0, 0.1) is 11.6 Å². The normalized spacial score (nSPS) is 13.9. The predicted molar refractivity (Wildman–Crippen MR) is 149 cm³/mol. The quantitative estimate of drug-likeness (QED) is 0.270. The fourth-order valence-corrected chi connectivity index (χ4v) is 5.33. The molecule has 4 nitrogen and oxygen atoms in total. The van der Waals surface area contributed by atoms with Crippen LogP contribution in [0.25, 0.3) is 0 Å². The maximum absolute atomic E-state index is 14.0. The lowest BCUT2D eigenvalue weighted by Gasteiger charge is -2.28. The number of nitrogens with zero attached hydrogens (tertiary/aromatic N) is 1. The van der Waals surface area contributed by atoms with Gasteiger partial charge in [-0.2, -0.15) is 0 Å². The van der Waals surface area contributed by atoms with Crippen molar-refractivity contribution in [1.29, 1.82) is 0 Å². The van der Waals surface area contributed by atoms with Gasteiger partial charge in [0.15, 0.2) is 0 Å². The van der Waals surface area contributed by atoms with E-state index < -0.39 is 23.5 Å². The number of Topliss-reactive ketones (excluding diaryl/α,β-unsaturated/α-hetero) is 1. The van der Waals surface area contributed by atoms with Crippen molar-refractivity contribution in [3.05, 3.63) is 137 Å². The van der Waals surface area contributed by atoms with Gasteiger partial charge in [0.1, 0.15) is 17.4 Å². The standard InChI is InChI=1S/C33H30F2N2O2/c34-27-14-10-25(11-15-27)31(30(38)19-21-37-20-18-24-8-4-5-9-29(24)37)32(26-12-16-28(35)17-13-26)33(39)36-22-23-6-2-1-3-7-23/h1-17,31-32H,18-22H2,(H,36,39). The summed E-state index contributed by atoms with van der Waals surface area (Å²) in [6.07, 6.45) is 1.13. The zero-order chi connectivity index (χ0) is 27.2. The van der Waals surface area contributed by atoms with Gasteiger partial charge in [0.25, 0.3) is 0 Å². The molecule has 1 amide bonds. The second kappa shape index (κ2) is 12.0. The topological polar surface area (TPSA) is 49.4 Å². The first-order valence-corrected chi connectivity index (χ1v) is 13.2. The van der Waals surface area contributed by atoms with Gasteiger partial charge in [-0.15, -0.1) is 0 Å². The van der Waals surface area contributed by atoms with Crippen molar-refractivity contribution < 1.29 is 18.4 Å². The summed E-state index contributed by atoms with van der Waals surface area (Å²) in [6, 6.07) is 29.0. The Morgan fingerprint density at radius 3 is 2.00 bits per heavy atom. The summed E-state index contributed by atoms with van der Waals surface area (Å²) >= 11 is 0. The number of ketones is 1. The molecular formula is C33H30F2N2O2. The van der Waals surface area contributed by atoms with Gasteiger partial charge in [-0.25, -0.2) is 8.78 Å². The highest BCUT2D eigenvalue weighted by atomic mass is 19.1. The van der Waals surface area contributed by atoms with Gasteiger partial charge in [-0.1, -0.05) is 72.8 Å². The van der Waals surface area contributed by atoms with Crippen LogP contribution in [0.3, 0.4) is 0 Å². The number of nitrogens with one attached hydrogen (secondary N) is 1. The lowest BCUT2D eigenvalue weighted by molar-refractivity contribution is -0.128. The number of benzene rings is 4. The highest BCUT2D eigenvalue weighted by molar-refractivity contribution is 5.96. The Morgan fingerprint density at radius 2 is 1.33 bits per heavy atom. The highest BCUT2D eigenvalue weighted by Crippen LogP contribution is 2.36. The molecule has 0 fully saturated rings. The van der Waals surface area contributed by atoms with E-state index in [-0.39, 0.29) is 24.7 Å². The van der Waals surface area contributed by atoms with E-state index >= 15 is 0 Å². The number of carbonyl (C=O) groups excluding carboxylic acids is 2. The summed E-state index contributed by atoms with van der Waals surface area (Å²) in [5, 5.41) is 2.97. The van der Waals surface area contributed by atoms with Crippen LogP contribution in [0.4, 0.5) is 14.5 Å². The van der Waals surface area contributed by atoms with E-state index in [4.69, 9.17) is 0 Å². The molecule has 1 aliphatic heterocycles. The smallest absolute Gasteiger partial charge is 0.228 e. The number of halogens is 2. The molecule has 198 valence electrons. The number of hydrogen-bond donors (Lipinski definition) is 1. The molecular weight excluding hydrogens is 494 g/mol. The van der Waals surface area contributed by atoms with Crippen LogP contribution in [0.5, 0.6) is 0 Å². The average Bonchev–Trinajstić information content (AvgIpc) is 3.38. The summed E-state index contributed by atoms with van der Waals surface area (Å²) in [6.45, 7) is 1.62. The van der Waals surface area contributed by atoms with Gasteiger partial charge in [0.2, 0.25) is 5.91 Å². The third-order valence-corrected chi connectivity index (χ3v) is 7.34. The van der Waals surface area contributed by atoms with Crippen LogP contribution >= 0.6 is 0 Å². The lowest BCUT2D eigenvalue weighted by Crippen LogP contribution is -2.36. The van der Waals surface area contributed by atoms with Gasteiger partial charge in [-0.05, 0) is 59.0 Å². The van der Waals surface area contributed by atoms with Gasteiger partial charge in [0, 0.05) is 31.7 Å². The first-order chi connectivity index (χ1) is 19.0. The predicted octanol–water partition coefficient (Wildman–Crippen LogP) is 6.17. The van der Waals surface area contributed by atoms with E-state index in [1.807, 2.05) is 42.5 Å². The van der Waals surface area contributed by atoms with Crippen LogP contribution < -0.4 is 10.2 Å². The van der Waals surface area contributed by atoms with Crippen LogP contribution in [0.1, 0.15) is 40.5 Å². The van der Waals surface area contributed by atoms with Crippen LogP contribution in [-0.4, -0.2) is 24.8 Å². The number of fused-ring (bicyclic) bond motifs is 1. The van der Waals surface area contributed by atoms with Gasteiger partial charge in [-0.3, -0.25) is 9.59 Å². The Bertz CT molecular complexity index is 1420. The summed E-state index contributed by atoms with van der Waals surface area (Å²) in [4.78, 5) is 29.9. The molecule has 0 bridgehead atoms. The summed E-state index contributed by atoms with van der Waals surface area (Å²) in [5.74, 6) is -3.12. The minimum Gasteiger partial charge on any atom is -0.371 e. The number of anilines is 1. The average molecular weight is 525 g/mol. The Morgan fingerprint density at radius 1 is 0.744 bits per heavy atom. The minimum absolute atomic E-state index is 0.129. The summed E-state index contributed by atoms with van der Waals surface area (Å²) in [5.41, 5.74) is 4.37. The maximum atomic E-state index is 14.0. The third kappa shape index (κ3) is 6.23. The molecule has 0 saturated carbocycles. The molecule has 1 N–H and O–H groups in total. The largest absolute Gasteiger partial charge is 0.371 e. The summed E-state index contributed by atoms with van der Waals surface area (Å²) < 4.78 is 27.7. The minimum atomic E-state index is -0.918. The SMILES string of the molecule is O=C(CCN1CCc2ccccc21)C(c1ccc(F)cc1)C(C(=O)NCc1ccccc1)c1ccc(F)cc1. The maximum Gasteiger partial charge on any atom is 0.228 e. The molecule has 5 rings (SSSR count). The van der Waals surface area contributed by atoms with Crippen LogP contribution in [0.2, 0.25) is 0 Å². The molecule has 2 atom stereocenters. The molecule has 1 heterocycles. The first kappa shape index (κ1) is 26.3. The molecule has 0 radical (unpaired) electrons. The lowest BCUT2D eigenvalue weighted by atomic mass is 9.77. The van der Waals surface area contributed by atoms with Crippen molar-refractivity contribution in [3.8, 4) is 0 Å². The molecule has 2 unspecified atom stereocenters. The van der Waals surface area contributed by atoms with Crippen molar-refractivity contribution in [2.45, 2.75) is 31.2 Å². The Balaban J connectivity index is 1.45. The second-order valence-corrected chi connectivity index (χ2v) is 9.84.